The number of hydrogen-bond donors (Lipinski definition) is 11. The highest BCUT2D eigenvalue weighted by Crippen LogP contribution is 2.30. The van der Waals surface area contributed by atoms with Crippen LogP contribution in [-0.2, 0) is 60.7 Å². The predicted molar refractivity (Wildman–Crippen MR) is 237 cm³/mol. The van der Waals surface area contributed by atoms with Crippen molar-refractivity contribution in [1.82, 2.24) is 47.1 Å². The molecule has 0 saturated carbocycles. The first-order valence-electron chi connectivity index (χ1n) is 21.8. The van der Waals surface area contributed by atoms with E-state index in [0.717, 1.165) is 11.3 Å². The Hall–Kier alpha value is -5.98. The second-order valence-electron chi connectivity index (χ2n) is 16.4. The smallest absolute Gasteiger partial charge is 0.246 e. The molecule has 23 nitrogen and oxygen atoms in total. The molecule has 3 heterocycles. The number of rotatable bonds is 13. The van der Waals surface area contributed by atoms with E-state index in [1.165, 1.54) is 13.2 Å². The fourth-order valence-corrected chi connectivity index (χ4v) is 8.40. The number of amides is 9. The molecule has 1 aromatic heterocycles. The van der Waals surface area contributed by atoms with E-state index in [1.807, 2.05) is 6.92 Å². The normalized spacial score (nSPS) is 24.2. The monoisotopic (exact) mass is 946 g/mol. The van der Waals surface area contributed by atoms with Crippen molar-refractivity contribution in [2.24, 2.45) is 17.6 Å². The van der Waals surface area contributed by atoms with Gasteiger partial charge < -0.3 is 72.3 Å². The minimum Gasteiger partial charge on any atom is -0.610 e. The molecule has 4 rings (SSSR count). The summed E-state index contributed by atoms with van der Waals surface area (Å²) in [6, 6.07) is -2.24. The van der Waals surface area contributed by atoms with Crippen LogP contribution in [0.1, 0.15) is 65.4 Å². The van der Waals surface area contributed by atoms with Crippen LogP contribution in [-0.4, -0.2) is 160 Å². The van der Waals surface area contributed by atoms with Crippen LogP contribution in [0.2, 0.25) is 0 Å². The van der Waals surface area contributed by atoms with Crippen LogP contribution in [0, 0.1) is 11.8 Å². The van der Waals surface area contributed by atoms with Gasteiger partial charge in [0.25, 0.3) is 0 Å². The summed E-state index contributed by atoms with van der Waals surface area (Å²) in [5.41, 5.74) is 6.27. The third-order valence-electron chi connectivity index (χ3n) is 11.5. The summed E-state index contributed by atoms with van der Waals surface area (Å²) in [7, 11) is 0. The van der Waals surface area contributed by atoms with Gasteiger partial charge in [0.1, 0.15) is 42.2 Å². The molecule has 2 saturated heterocycles. The Bertz CT molecular complexity index is 2120. The molecule has 2 aliphatic rings. The van der Waals surface area contributed by atoms with Crippen LogP contribution in [0.3, 0.4) is 0 Å². The number of benzene rings is 1. The molecule has 9 atom stereocenters. The number of carbonyl (C=O) groups excluding carboxylic acids is 9. The van der Waals surface area contributed by atoms with Gasteiger partial charge in [-0.1, -0.05) is 34.1 Å². The first-order chi connectivity index (χ1) is 31.3. The van der Waals surface area contributed by atoms with Gasteiger partial charge in [0.2, 0.25) is 58.2 Å². The Labute approximate surface area is 384 Å². The zero-order chi connectivity index (χ0) is 48.8. The Morgan fingerprint density at radius 3 is 2.20 bits per heavy atom. The van der Waals surface area contributed by atoms with E-state index in [1.54, 1.807) is 32.0 Å². The summed E-state index contributed by atoms with van der Waals surface area (Å²) >= 11 is -1.67. The largest absolute Gasteiger partial charge is 0.610 e. The van der Waals surface area contributed by atoms with Gasteiger partial charge in [-0.2, -0.15) is 0 Å². The number of nitrogens with two attached hydrogens (primary N) is 1. The van der Waals surface area contributed by atoms with Crippen molar-refractivity contribution in [3.05, 3.63) is 23.8 Å². The van der Waals surface area contributed by atoms with Crippen molar-refractivity contribution < 1.29 is 62.7 Å². The highest BCUT2D eigenvalue weighted by atomic mass is 32.2. The third kappa shape index (κ3) is 14.0. The van der Waals surface area contributed by atoms with Crippen LogP contribution < -0.4 is 47.7 Å². The van der Waals surface area contributed by atoms with E-state index in [0.29, 0.717) is 35.2 Å². The lowest BCUT2D eigenvalue weighted by atomic mass is 9.94. The number of nitrogens with one attached hydrogen (secondary N) is 8. The molecule has 364 valence electrons. The standard InChI is InChI=1S/C42H62N10O13S/c1-6-13-65-23-10-11-24-25(41(66(5)64)49-26(24)14-23)15-27-37(59)45-19-34(58)50-35(21(3)7-2)39(61)46-17-32(56)44-18-33(57)47-28(16-31(43)55)42(63)52-12-8-9-29(52)38(60)51-36(40(62)48-27)22(4)30(54)20-53/h10-11,14,21-22,27-30,35-36,49,53-54H,6-9,12-13,15-20H2,1-5H3,(H2,43,55)(H,44,56)(H,45,59)(H,46,61)(H,47,57)(H,48,62)(H,50,58)(H,51,60)/t21-,22-,27-,28-,29-,30-,35-,36-,66?/m0/s1. The van der Waals surface area contributed by atoms with Gasteiger partial charge in [-0.15, -0.1) is 0 Å². The van der Waals surface area contributed by atoms with Crippen molar-refractivity contribution in [2.45, 2.75) is 108 Å². The second kappa shape index (κ2) is 24.5. The molecule has 9 amide bonds. The molecule has 24 heteroatoms. The number of aliphatic hydroxyl groups is 2. The Kier molecular flexibility index (Phi) is 19.6. The van der Waals surface area contributed by atoms with Gasteiger partial charge in [-0.25, -0.2) is 0 Å². The Balaban J connectivity index is 1.79. The Morgan fingerprint density at radius 2 is 1.55 bits per heavy atom. The number of aliphatic hydroxyl groups excluding tert-OH is 2. The molecule has 0 radical (unpaired) electrons. The van der Waals surface area contributed by atoms with Gasteiger partial charge in [-0.05, 0) is 37.3 Å². The number of ether oxygens (including phenoxy) is 1. The number of fused-ring (bicyclic) bond motifs is 2. The number of aromatic nitrogens is 1. The predicted octanol–water partition coefficient (Wildman–Crippen LogP) is -3.56. The summed E-state index contributed by atoms with van der Waals surface area (Å²) in [4.78, 5) is 125. The van der Waals surface area contributed by atoms with Gasteiger partial charge in [0.05, 0.1) is 50.9 Å². The van der Waals surface area contributed by atoms with Crippen molar-refractivity contribution >= 4 is 75.2 Å². The van der Waals surface area contributed by atoms with Gasteiger partial charge in [-0.3, -0.25) is 43.2 Å². The number of primary amides is 1. The lowest BCUT2D eigenvalue weighted by Crippen LogP contribution is -2.61. The number of nitrogens with zero attached hydrogens (tertiary/aromatic N) is 1. The van der Waals surface area contributed by atoms with Crippen LogP contribution in [0.4, 0.5) is 0 Å². The van der Waals surface area contributed by atoms with Crippen LogP contribution >= 0.6 is 0 Å². The summed E-state index contributed by atoms with van der Waals surface area (Å²) in [6.07, 6.45) is 0.271. The molecule has 2 aromatic rings. The molecule has 1 aromatic carbocycles. The minimum atomic E-state index is -1.68. The molecule has 0 aliphatic carbocycles. The van der Waals surface area contributed by atoms with Crippen LogP contribution in [0.15, 0.2) is 23.2 Å². The molecule has 2 aliphatic heterocycles. The van der Waals surface area contributed by atoms with E-state index in [4.69, 9.17) is 10.5 Å². The SMILES string of the molecule is CCCOc1ccc2c(C[C@@H]3NC(=O)[C@H]([C@@H](C)[C@@H](O)CO)NC(=O)[C@@H]4CCCN4C(=O)[C@H](CC(N)=O)NC(=O)CNC(=O)CNC(=O)[C@H]([C@@H](C)CC)NC(=O)CNC3=O)c([S+](C)[O-])[nH]c2c1. The highest BCUT2D eigenvalue weighted by Gasteiger charge is 2.42. The molecule has 66 heavy (non-hydrogen) atoms. The van der Waals surface area contributed by atoms with E-state index in [2.05, 4.69) is 42.2 Å². The first kappa shape index (κ1) is 52.6. The zero-order valence-corrected chi connectivity index (χ0v) is 38.5. The number of hydrogen-bond acceptors (Lipinski definition) is 13. The first-order valence-corrected chi connectivity index (χ1v) is 23.4. The maximum Gasteiger partial charge on any atom is 0.246 e. The maximum absolute atomic E-state index is 14.5. The van der Waals surface area contributed by atoms with Crippen molar-refractivity contribution in [1.29, 1.82) is 0 Å². The summed E-state index contributed by atoms with van der Waals surface area (Å²) < 4.78 is 18.9. The molecule has 2 fully saturated rings. The molecule has 0 bridgehead atoms. The lowest BCUT2D eigenvalue weighted by molar-refractivity contribution is -0.143. The number of carbonyl (C=O) groups is 9. The molecule has 0 spiro atoms. The topological polar surface area (TPSA) is 356 Å². The lowest BCUT2D eigenvalue weighted by Gasteiger charge is -2.32. The van der Waals surface area contributed by atoms with Gasteiger partial charge >= 0.3 is 0 Å². The highest BCUT2D eigenvalue weighted by molar-refractivity contribution is 7.90. The fraction of sp³-hybridized carbons (Fsp3) is 0.595. The van der Waals surface area contributed by atoms with Crippen LogP contribution in [0.5, 0.6) is 5.75 Å². The average Bonchev–Trinajstić information content (AvgIpc) is 3.93. The van der Waals surface area contributed by atoms with E-state index in [9.17, 15) is 57.9 Å². The molecular formula is C42H62N10O13S. The summed E-state index contributed by atoms with van der Waals surface area (Å²) in [5.74, 6) is -9.20. The van der Waals surface area contributed by atoms with Crippen molar-refractivity contribution in [2.75, 3.05) is 45.6 Å². The quantitative estimate of drug-likeness (QED) is 0.0868. The van der Waals surface area contributed by atoms with Crippen LogP contribution in [0.25, 0.3) is 10.9 Å². The molecule has 12 N–H and O–H groups in total. The van der Waals surface area contributed by atoms with Gasteiger partial charge in [0, 0.05) is 47.1 Å². The maximum atomic E-state index is 14.5. The average molecular weight is 947 g/mol. The Morgan fingerprint density at radius 1 is 0.879 bits per heavy atom. The number of aromatic amines is 1. The van der Waals surface area contributed by atoms with E-state index < -0.39 is 145 Å². The summed E-state index contributed by atoms with van der Waals surface area (Å²) in [6.45, 7) is 4.27. The fourth-order valence-electron chi connectivity index (χ4n) is 7.60. The molecule has 1 unspecified atom stereocenters. The minimum absolute atomic E-state index is 0.0182. The third-order valence-corrected chi connectivity index (χ3v) is 12.4. The van der Waals surface area contributed by atoms with Crippen molar-refractivity contribution in [3.8, 4) is 5.75 Å². The van der Waals surface area contributed by atoms with E-state index in [-0.39, 0.29) is 30.8 Å². The molecular weight excluding hydrogens is 885 g/mol. The summed E-state index contributed by atoms with van der Waals surface area (Å²) in [5, 5.41) is 38.7. The zero-order valence-electron chi connectivity index (χ0n) is 37.7. The van der Waals surface area contributed by atoms with Gasteiger partial charge in [0.15, 0.2) is 0 Å². The number of H-pyrrole nitrogens is 1. The van der Waals surface area contributed by atoms with Crippen molar-refractivity contribution in [3.63, 3.8) is 0 Å². The van der Waals surface area contributed by atoms with E-state index >= 15 is 0 Å². The second-order valence-corrected chi connectivity index (χ2v) is 17.7.